The minimum absolute atomic E-state index is 0.000880. The first kappa shape index (κ1) is 118. The molecule has 41 nitrogen and oxygen atoms in total. The van der Waals surface area contributed by atoms with Crippen LogP contribution in [0.4, 0.5) is 24.0 Å². The number of H-pyrrole nitrogens is 1. The molecule has 2 heterocycles. The number of Topliss-reactive ketones (excluding diaryl/α,β-unsaturated/α-hetero) is 2. The Balaban J connectivity index is 1.72. The molecule has 18 N–H and O–H groups in total. The maximum atomic E-state index is 16.0. The van der Waals surface area contributed by atoms with Crippen molar-refractivity contribution in [3.63, 3.8) is 0 Å². The quantitative estimate of drug-likeness (QED) is 0.00853. The zero-order valence-electron chi connectivity index (χ0n) is 86.4. The summed E-state index contributed by atoms with van der Waals surface area (Å²) in [5.41, 5.74) is 1.77. The second-order valence-electron chi connectivity index (χ2n) is 43.1. The maximum Gasteiger partial charge on any atom is 0.419 e. The van der Waals surface area contributed by atoms with Crippen LogP contribution in [0.5, 0.6) is 0 Å². The summed E-state index contributed by atoms with van der Waals surface area (Å²) in [6.45, 7) is 41.9. The van der Waals surface area contributed by atoms with Gasteiger partial charge in [-0.3, -0.25) is 57.3 Å². The van der Waals surface area contributed by atoms with Crippen LogP contribution in [0.3, 0.4) is 0 Å². The molecule has 4 aromatic rings. The summed E-state index contributed by atoms with van der Waals surface area (Å²) in [5.74, 6) is -11.7. The molecule has 780 valence electrons. The third-order valence-electron chi connectivity index (χ3n) is 21.2. The van der Waals surface area contributed by atoms with Crippen LogP contribution < -0.4 is 80.2 Å². The van der Waals surface area contributed by atoms with E-state index in [1.54, 1.807) is 214 Å². The zero-order chi connectivity index (χ0) is 106. The van der Waals surface area contributed by atoms with E-state index in [1.807, 2.05) is 13.8 Å². The number of carboxylic acids is 1. The summed E-state index contributed by atoms with van der Waals surface area (Å²) < 4.78 is 35.3. The number of hydrogen-bond acceptors (Lipinski definition) is 25. The van der Waals surface area contributed by atoms with Gasteiger partial charge < -0.3 is 119 Å². The van der Waals surface area contributed by atoms with Crippen LogP contribution in [0, 0.1) is 17.3 Å². The summed E-state index contributed by atoms with van der Waals surface area (Å²) in [6.07, 6.45) is -4.96. The molecule has 11 atom stereocenters. The van der Waals surface area contributed by atoms with Crippen molar-refractivity contribution in [2.24, 2.45) is 23.0 Å². The van der Waals surface area contributed by atoms with Gasteiger partial charge in [0.2, 0.25) is 53.2 Å². The van der Waals surface area contributed by atoms with E-state index in [9.17, 15) is 53.1 Å². The van der Waals surface area contributed by atoms with Gasteiger partial charge in [0.05, 0.1) is 28.8 Å². The van der Waals surface area contributed by atoms with Crippen LogP contribution >= 0.6 is 0 Å². The smallest absolute Gasteiger partial charge is 0.419 e. The van der Waals surface area contributed by atoms with E-state index in [0.29, 0.717) is 33.1 Å². The van der Waals surface area contributed by atoms with Crippen molar-refractivity contribution in [3.8, 4) is 0 Å². The molecule has 0 radical (unpaired) electrons. The third kappa shape index (κ3) is 42.3. The molecule has 0 saturated heterocycles. The number of ether oxygens (including phenoxy) is 6. The van der Waals surface area contributed by atoms with Gasteiger partial charge in [0.1, 0.15) is 82.4 Å². The number of aromatic amines is 1. The van der Waals surface area contributed by atoms with Crippen LogP contribution in [0.2, 0.25) is 0 Å². The predicted molar refractivity (Wildman–Crippen MR) is 524 cm³/mol. The van der Waals surface area contributed by atoms with Crippen molar-refractivity contribution in [1.29, 1.82) is 0 Å². The van der Waals surface area contributed by atoms with Crippen LogP contribution in [0.25, 0.3) is 21.8 Å². The van der Waals surface area contributed by atoms with Crippen molar-refractivity contribution in [2.75, 3.05) is 32.7 Å². The lowest BCUT2D eigenvalue weighted by Gasteiger charge is -2.33. The van der Waals surface area contributed by atoms with Gasteiger partial charge in [-0.05, 0) is 237 Å². The van der Waals surface area contributed by atoms with Crippen LogP contribution in [0.15, 0.2) is 72.2 Å². The molecule has 2 aromatic carbocycles. The molecule has 0 spiro atoms. The predicted octanol–water partition coefficient (Wildman–Crippen LogP) is 8.41. The highest BCUT2D eigenvalue weighted by Crippen LogP contribution is 2.35. The first-order valence-corrected chi connectivity index (χ1v) is 47.8. The second-order valence-corrected chi connectivity index (χ2v) is 43.1. The molecule has 41 heteroatoms. The van der Waals surface area contributed by atoms with Gasteiger partial charge in [0, 0.05) is 92.8 Å². The Bertz CT molecular complexity index is 5010. The SMILES string of the molecule is CC(NCCCC[C@H](NC(=O)[C@H](NC(=O)[C@H](Cc1cn(C(=O)OC(C)(C)C)c2ccccc12)NC(=O)[C@H](CCNC(=O)OC(C)(C)C)NC(=O)[C@@H](N)CCNC(=O)OC(C)(C)C)[C@H](C)OC(C)(C)C)C(=O)N[C@@H](CCNC(=O)OC(C)(C)C)C(=O)N[C@@H](CCNC(=O)OC(C)(C)C)C(=O)N[C@@H](Cc1c[nH]c2ccccc12)C(=O)N[C@H](CC(C)C)C(=O)N[C@H](CC(C)C)C(=O)O)=C1C(=O)CC(C)(C)CC1=O. The first-order valence-electron chi connectivity index (χ1n) is 47.8. The second kappa shape index (κ2) is 52.2. The summed E-state index contributed by atoms with van der Waals surface area (Å²) >= 11 is 0. The normalized spacial score (nSPS) is 15.4. The lowest BCUT2D eigenvalue weighted by Crippen LogP contribution is -2.63. The fourth-order valence-corrected chi connectivity index (χ4v) is 15.1. The van der Waals surface area contributed by atoms with Crippen LogP contribution in [-0.2, 0) is 98.8 Å². The number of aromatic nitrogens is 2. The van der Waals surface area contributed by atoms with Crippen molar-refractivity contribution in [3.05, 3.63) is 83.3 Å². The number of benzene rings is 2. The summed E-state index contributed by atoms with van der Waals surface area (Å²) in [6, 6.07) is -2.76. The number of alkyl carbamates (subject to hydrolysis) is 4. The summed E-state index contributed by atoms with van der Waals surface area (Å²) in [7, 11) is 0. The van der Waals surface area contributed by atoms with E-state index < -0.39 is 227 Å². The highest BCUT2D eigenvalue weighted by molar-refractivity contribution is 6.22. The number of carboxylic acid groups (broad SMARTS) is 1. The van der Waals surface area contributed by atoms with E-state index in [-0.39, 0.29) is 118 Å². The van der Waals surface area contributed by atoms with Crippen LogP contribution in [0.1, 0.15) is 262 Å². The largest absolute Gasteiger partial charge is 0.480 e. The number of nitrogens with two attached hydrogens (primary N) is 1. The number of fused-ring (bicyclic) bond motifs is 2. The average Bonchev–Trinajstić information content (AvgIpc) is 1.63. The van der Waals surface area contributed by atoms with Crippen molar-refractivity contribution >= 4 is 123 Å². The number of unbranched alkanes of at least 4 members (excludes halogenated alkanes) is 1. The van der Waals surface area contributed by atoms with Crippen molar-refractivity contribution in [1.82, 2.24) is 84.0 Å². The third-order valence-corrected chi connectivity index (χ3v) is 21.2. The van der Waals surface area contributed by atoms with Crippen molar-refractivity contribution in [2.45, 2.75) is 364 Å². The average molecular weight is 1970 g/mol. The number of nitrogens with one attached hydrogen (secondary N) is 15. The zero-order valence-corrected chi connectivity index (χ0v) is 86.4. The number of rotatable bonds is 47. The Morgan fingerprint density at radius 1 is 0.414 bits per heavy atom. The molecular formula is C99H155N17O24. The van der Waals surface area contributed by atoms with E-state index in [0.717, 1.165) is 0 Å². The van der Waals surface area contributed by atoms with Gasteiger partial charge in [-0.1, -0.05) is 77.9 Å². The Morgan fingerprint density at radius 3 is 1.22 bits per heavy atom. The molecule has 5 rings (SSSR count). The number of allylic oxidation sites excluding steroid dienone is 2. The van der Waals surface area contributed by atoms with Gasteiger partial charge in [-0.15, -0.1) is 0 Å². The fourth-order valence-electron chi connectivity index (χ4n) is 15.1. The first-order chi connectivity index (χ1) is 64.7. The van der Waals surface area contributed by atoms with Crippen LogP contribution in [-0.4, -0.2) is 249 Å². The van der Waals surface area contributed by atoms with Gasteiger partial charge in [-0.2, -0.15) is 0 Å². The monoisotopic (exact) mass is 1970 g/mol. The number of ketones is 2. The molecule has 0 aliphatic heterocycles. The van der Waals surface area contributed by atoms with Gasteiger partial charge in [0.15, 0.2) is 11.6 Å². The van der Waals surface area contributed by atoms with E-state index in [1.165, 1.54) is 17.7 Å². The number of para-hydroxylation sites is 2. The lowest BCUT2D eigenvalue weighted by atomic mass is 9.73. The molecule has 13 amide bonds. The number of carbonyl (C=O) groups is 17. The molecule has 1 fully saturated rings. The lowest BCUT2D eigenvalue weighted by molar-refractivity contribution is -0.143. The van der Waals surface area contributed by atoms with E-state index in [2.05, 4.69) is 79.4 Å². The van der Waals surface area contributed by atoms with Gasteiger partial charge in [0.25, 0.3) is 0 Å². The summed E-state index contributed by atoms with van der Waals surface area (Å²) in [4.78, 5) is 248. The van der Waals surface area contributed by atoms with Gasteiger partial charge >= 0.3 is 36.4 Å². The number of aliphatic carboxylic acids is 1. The number of nitrogens with zero attached hydrogens (tertiary/aromatic N) is 1. The molecule has 2 aromatic heterocycles. The molecule has 0 unspecified atom stereocenters. The number of amides is 13. The van der Waals surface area contributed by atoms with E-state index in [4.69, 9.17) is 34.2 Å². The highest BCUT2D eigenvalue weighted by atomic mass is 16.6. The Hall–Kier alpha value is -12.4. The Morgan fingerprint density at radius 2 is 0.779 bits per heavy atom. The maximum absolute atomic E-state index is 16.0. The fraction of sp³-hybridized carbons (Fsp3) is 0.646. The number of carbonyl (C=O) groups excluding carboxylic acids is 16. The van der Waals surface area contributed by atoms with Gasteiger partial charge in [-0.25, -0.2) is 28.8 Å². The molecule has 1 aliphatic carbocycles. The Kier molecular flexibility index (Phi) is 44.0. The molecule has 1 saturated carbocycles. The molecule has 1 aliphatic rings. The topological polar surface area (TPSA) is 581 Å². The van der Waals surface area contributed by atoms with Crippen molar-refractivity contribution < 1.29 is 115 Å². The minimum Gasteiger partial charge on any atom is -0.480 e. The molecular weight excluding hydrogens is 1810 g/mol. The highest BCUT2D eigenvalue weighted by Gasteiger charge is 2.42. The minimum atomic E-state index is -1.88. The standard InChI is InChI=1S/C99H155N17O24/c1-55(2)47-69(83(124)114-72(87(128)129)48-56(3)4)111-84(125)70(49-59-53-106-64-35-29-27-33-61(59)64)112-82(123)68(41-46-105-91(133)139-97(19,20)21)109-80(121)67(40-45-104-90(132)138-96(16,17)18)108-79(120)65(36-31-32-42-101-57(5)76-74(117)51-99(25,26)52-75(76)118)110-86(127)77(58(6)135-93(7,8)9)115-85(126)71(50-60-54-116(92(134)140-98(22,23)24)73-37-30-28-34-62(60)73)113-81(122)66(39-44-103-89(131)137-95(13,14)15)107-78(119)63(100)38-43-102-88(130)136-94(10,11)12/h27-30,33-35,37,53-56,58,63,65-72,77,101,106H,31-32,36,38-52,100H2,1-26H3,(H,102,130)(H,103,131)(H,104,132)(H,105,133)(H,107,119)(H,108,120)(H,109,121)(H,110,127)(H,111,125)(H,112,123)(H,113,122)(H,114,124)(H,115,126)(H,128,129)/t58-,63-,65-,66-,67-,68-,69+,70-,71-,72+,77+/m0/s1. The van der Waals surface area contributed by atoms with E-state index >= 15 is 33.6 Å². The number of hydrogen-bond donors (Lipinski definition) is 17. The molecule has 0 bridgehead atoms. The Labute approximate surface area is 820 Å². The summed E-state index contributed by atoms with van der Waals surface area (Å²) in [5, 5.41) is 49.0. The molecule has 140 heavy (non-hydrogen) atoms.